The van der Waals surface area contributed by atoms with Crippen LogP contribution in [0.1, 0.15) is 114 Å². The minimum absolute atomic E-state index is 0. The minimum atomic E-state index is 0. The number of carbonyl (C=O) groups excluding carboxylic acids is 2. The van der Waals surface area contributed by atoms with Crippen molar-refractivity contribution < 1.29 is 9.59 Å². The molecule has 4 heterocycles. The van der Waals surface area contributed by atoms with E-state index in [-0.39, 0.29) is 36.3 Å². The van der Waals surface area contributed by atoms with Gasteiger partial charge in [-0.1, -0.05) is 146 Å². The van der Waals surface area contributed by atoms with Gasteiger partial charge in [0, 0.05) is 74.0 Å². The van der Waals surface area contributed by atoms with Gasteiger partial charge >= 0.3 is 0 Å². The molecular weight excluding hydrogens is 744 g/mol. The average molecular weight is 802 g/mol. The fourth-order valence-corrected chi connectivity index (χ4v) is 11.4. The third-order valence-electron chi connectivity index (χ3n) is 12.4. The molecule has 294 valence electrons. The molecule has 11 heteroatoms. The summed E-state index contributed by atoms with van der Waals surface area (Å²) >= 11 is 0. The lowest BCUT2D eigenvalue weighted by Crippen LogP contribution is -2.43. The zero-order chi connectivity index (χ0) is 36.7. The molecule has 2 aromatic heterocycles. The summed E-state index contributed by atoms with van der Waals surface area (Å²) in [5, 5.41) is 0. The van der Waals surface area contributed by atoms with Crippen molar-refractivity contribution in [2.45, 2.75) is 115 Å². The zero-order valence-electron chi connectivity index (χ0n) is 32.1. The number of fused-ring (bicyclic) bond motifs is 2. The van der Waals surface area contributed by atoms with Crippen molar-refractivity contribution in [2.24, 2.45) is 11.8 Å². The third kappa shape index (κ3) is 9.67. The van der Waals surface area contributed by atoms with Crippen molar-refractivity contribution in [3.8, 4) is 22.5 Å². The number of carbonyl (C=O) groups is 2. The highest BCUT2D eigenvalue weighted by atomic mass is 35.5. The molecule has 8 rings (SSSR count). The third-order valence-corrected chi connectivity index (χ3v) is 14.8. The number of benzene rings is 2. The van der Waals surface area contributed by atoms with Crippen LogP contribution in [0.15, 0.2) is 73.1 Å². The average Bonchev–Trinajstić information content (AvgIpc) is 3.87. The number of imidazole rings is 2. The topological polar surface area (TPSA) is 76.3 Å². The van der Waals surface area contributed by atoms with Gasteiger partial charge in [0.1, 0.15) is 11.6 Å². The van der Waals surface area contributed by atoms with Crippen LogP contribution in [0.3, 0.4) is 0 Å². The van der Waals surface area contributed by atoms with Crippen LogP contribution in [0.5, 0.6) is 0 Å². The van der Waals surface area contributed by atoms with Crippen LogP contribution < -0.4 is 0 Å². The van der Waals surface area contributed by atoms with Crippen molar-refractivity contribution in [1.29, 1.82) is 0 Å². The van der Waals surface area contributed by atoms with Crippen LogP contribution in [-0.4, -0.2) is 65.3 Å². The van der Waals surface area contributed by atoms with Crippen molar-refractivity contribution in [3.63, 3.8) is 0 Å². The largest absolute Gasteiger partial charge is 0.331 e. The summed E-state index contributed by atoms with van der Waals surface area (Å²) in [6.45, 7) is 3.06. The van der Waals surface area contributed by atoms with Gasteiger partial charge < -0.3 is 18.9 Å². The van der Waals surface area contributed by atoms with E-state index < -0.39 is 0 Å². The summed E-state index contributed by atoms with van der Waals surface area (Å²) in [7, 11) is 3.48. The van der Waals surface area contributed by atoms with Gasteiger partial charge in [0.05, 0.1) is 23.5 Å². The Labute approximate surface area is 341 Å². The molecule has 4 aromatic rings. The summed E-state index contributed by atoms with van der Waals surface area (Å²) in [5.74, 6) is 5.38. The van der Waals surface area contributed by atoms with E-state index in [0.29, 0.717) is 24.7 Å². The first-order chi connectivity index (χ1) is 26.6. The summed E-state index contributed by atoms with van der Waals surface area (Å²) in [4.78, 5) is 42.4. The van der Waals surface area contributed by atoms with E-state index in [9.17, 15) is 9.59 Å². The molecule has 2 atom stereocenters. The summed E-state index contributed by atoms with van der Waals surface area (Å²) in [6.07, 6.45) is 20.3. The molecule has 0 saturated heterocycles. The van der Waals surface area contributed by atoms with E-state index in [1.807, 2.05) is 12.1 Å². The molecule has 8 nitrogen and oxygen atoms in total. The Morgan fingerprint density at radius 3 is 1.36 bits per heavy atom. The Balaban J connectivity index is 0.00000465. The van der Waals surface area contributed by atoms with Crippen LogP contribution in [-0.2, 0) is 22.7 Å². The number of rotatable bonds is 13. The highest BCUT2D eigenvalue weighted by Crippen LogP contribution is 2.40. The van der Waals surface area contributed by atoms with Crippen LogP contribution in [0.4, 0.5) is 0 Å². The smallest absolute Gasteiger partial charge is 0.224 e. The summed E-state index contributed by atoms with van der Waals surface area (Å²) < 4.78 is 4.61. The van der Waals surface area contributed by atoms with Crippen molar-refractivity contribution in [3.05, 3.63) is 84.7 Å². The fourth-order valence-electron chi connectivity index (χ4n) is 9.47. The standard InChI is InChI=1S/C44H56N6O2S2.ClH/c51-41(49-25-23-47-31-37(35-17-9-3-10-18-35)45-43(47)39(49)29-33-13-5-1-6-14-33)21-27-53-54-28-22-42(52)50-26-24-48-32-38(36-19-11-4-12-20-36)46-44(48)40(50)30-34-15-7-2-8-16-34;/h3-4,9-12,17-20,31-34,39-40H,1-2,5-8,13-16,21-30H2;1H/t39-,40-;/m0./s1. The van der Waals surface area contributed by atoms with E-state index >= 15 is 0 Å². The van der Waals surface area contributed by atoms with Gasteiger partial charge in [0.2, 0.25) is 11.8 Å². The molecule has 2 amide bonds. The first kappa shape index (κ1) is 40.0. The second-order valence-electron chi connectivity index (χ2n) is 15.9. The first-order valence-corrected chi connectivity index (χ1v) is 23.2. The molecule has 55 heavy (non-hydrogen) atoms. The molecule has 0 spiro atoms. The Hall–Kier alpha value is -3.21. The number of hydrogen-bond acceptors (Lipinski definition) is 6. The van der Waals surface area contributed by atoms with Crippen LogP contribution in [0, 0.1) is 11.8 Å². The van der Waals surface area contributed by atoms with Crippen molar-refractivity contribution in [2.75, 3.05) is 24.6 Å². The summed E-state index contributed by atoms with van der Waals surface area (Å²) in [5.41, 5.74) is 4.26. The van der Waals surface area contributed by atoms with Gasteiger partial charge in [-0.15, -0.1) is 12.4 Å². The highest BCUT2D eigenvalue weighted by molar-refractivity contribution is 8.76. The molecule has 0 radical (unpaired) electrons. The lowest BCUT2D eigenvalue weighted by molar-refractivity contribution is -0.135. The monoisotopic (exact) mass is 800 g/mol. The van der Waals surface area contributed by atoms with Gasteiger partial charge in [0.25, 0.3) is 0 Å². The number of halogens is 1. The number of hydrogen-bond donors (Lipinski definition) is 0. The maximum Gasteiger partial charge on any atom is 0.224 e. The normalized spacial score (nSPS) is 20.4. The van der Waals surface area contributed by atoms with E-state index in [0.717, 1.165) is 84.7 Å². The molecule has 4 aliphatic rings. The van der Waals surface area contributed by atoms with Gasteiger partial charge in [-0.25, -0.2) is 9.97 Å². The highest BCUT2D eigenvalue weighted by Gasteiger charge is 2.36. The Morgan fingerprint density at radius 1 is 0.564 bits per heavy atom. The molecule has 2 aliphatic carbocycles. The van der Waals surface area contributed by atoms with Gasteiger partial charge in [-0.2, -0.15) is 0 Å². The number of nitrogens with zero attached hydrogens (tertiary/aromatic N) is 6. The second-order valence-corrected chi connectivity index (χ2v) is 18.6. The molecular formula is C44H57ClN6O2S2. The SMILES string of the molecule is Cl.O=C(CCSSCCC(=O)N1CCn2cc(-c3ccccc3)nc2[C@@H]1CC1CCCCC1)N1CCn2cc(-c3ccccc3)nc2[C@@H]1CC1CCCCC1. The predicted molar refractivity (Wildman–Crippen MR) is 228 cm³/mol. The Bertz CT molecular complexity index is 1710. The zero-order valence-corrected chi connectivity index (χ0v) is 34.6. The molecule has 2 saturated carbocycles. The maximum atomic E-state index is 13.9. The lowest BCUT2D eigenvalue weighted by atomic mass is 9.84. The van der Waals surface area contributed by atoms with E-state index in [4.69, 9.17) is 9.97 Å². The molecule has 0 N–H and O–H groups in total. The molecule has 0 unspecified atom stereocenters. The van der Waals surface area contributed by atoms with Crippen LogP contribution in [0.25, 0.3) is 22.5 Å². The minimum Gasteiger partial charge on any atom is -0.331 e. The van der Waals surface area contributed by atoms with Crippen molar-refractivity contribution in [1.82, 2.24) is 28.9 Å². The van der Waals surface area contributed by atoms with Crippen LogP contribution >= 0.6 is 34.0 Å². The van der Waals surface area contributed by atoms with Crippen molar-refractivity contribution >= 4 is 45.8 Å². The maximum absolute atomic E-state index is 13.9. The molecule has 2 aliphatic heterocycles. The fraction of sp³-hybridized carbons (Fsp3) is 0.545. The van der Waals surface area contributed by atoms with E-state index in [1.54, 1.807) is 21.6 Å². The number of aromatic nitrogens is 4. The van der Waals surface area contributed by atoms with E-state index in [2.05, 4.69) is 79.9 Å². The van der Waals surface area contributed by atoms with Crippen LogP contribution in [0.2, 0.25) is 0 Å². The van der Waals surface area contributed by atoms with Gasteiger partial charge in [-0.3, -0.25) is 9.59 Å². The van der Waals surface area contributed by atoms with Gasteiger partial charge in [-0.05, 0) is 24.7 Å². The summed E-state index contributed by atoms with van der Waals surface area (Å²) in [6, 6.07) is 20.9. The first-order valence-electron chi connectivity index (χ1n) is 20.7. The predicted octanol–water partition coefficient (Wildman–Crippen LogP) is 10.4. The lowest BCUT2D eigenvalue weighted by Gasteiger charge is -2.38. The van der Waals surface area contributed by atoms with E-state index in [1.165, 1.54) is 64.2 Å². The Morgan fingerprint density at radius 2 is 0.964 bits per heavy atom. The Kier molecular flexibility index (Phi) is 14.0. The quantitative estimate of drug-likeness (QED) is 0.0990. The van der Waals surface area contributed by atoms with Gasteiger partial charge in [0.15, 0.2) is 0 Å². The number of amides is 2. The molecule has 0 bridgehead atoms. The second kappa shape index (κ2) is 19.3. The molecule has 2 fully saturated rings. The molecule has 2 aromatic carbocycles.